The molecule has 2 aromatic carbocycles. The molecule has 5 rings (SSSR count). The fourth-order valence-electron chi connectivity index (χ4n) is 5.55. The van der Waals surface area contributed by atoms with Gasteiger partial charge in [-0.2, -0.15) is 0 Å². The van der Waals surface area contributed by atoms with Gasteiger partial charge < -0.3 is 10.6 Å². The predicted octanol–water partition coefficient (Wildman–Crippen LogP) is 3.51. The highest BCUT2D eigenvalue weighted by atomic mass is 35.5. The number of nitrogens with zero attached hydrogens (tertiary/aromatic N) is 1. The van der Waals surface area contributed by atoms with Crippen molar-refractivity contribution in [2.24, 2.45) is 5.92 Å². The summed E-state index contributed by atoms with van der Waals surface area (Å²) >= 11 is 12.2. The third kappa shape index (κ3) is 2.31. The number of benzene rings is 2. The molecule has 3 aliphatic heterocycles. The second-order valence-electron chi connectivity index (χ2n) is 7.66. The van der Waals surface area contributed by atoms with E-state index >= 15 is 4.39 Å². The second-order valence-corrected chi connectivity index (χ2v) is 8.50. The van der Waals surface area contributed by atoms with E-state index in [0.717, 1.165) is 0 Å². The molecular weight excluding hydrogens is 416 g/mol. The molecule has 8 heteroatoms. The fraction of sp³-hybridized carbons (Fsp3) is 0.333. The first kappa shape index (κ1) is 18.9. The van der Waals surface area contributed by atoms with Gasteiger partial charge in [0.1, 0.15) is 11.4 Å². The predicted molar refractivity (Wildman–Crippen MR) is 109 cm³/mol. The quantitative estimate of drug-likeness (QED) is 0.761. The van der Waals surface area contributed by atoms with Gasteiger partial charge in [-0.25, -0.2) is 4.39 Å². The smallest absolute Gasteiger partial charge is 0.250 e. The summed E-state index contributed by atoms with van der Waals surface area (Å²) in [6, 6.07) is 9.72. The van der Waals surface area contributed by atoms with Crippen LogP contribution >= 0.6 is 23.2 Å². The van der Waals surface area contributed by atoms with Crippen LogP contribution in [0.15, 0.2) is 36.4 Å². The number of likely N-dealkylation sites (N-methyl/N-ethyl adjacent to an activating group) is 1. The molecule has 0 aliphatic carbocycles. The average Bonchev–Trinajstić information content (AvgIpc) is 3.29. The largest absolute Gasteiger partial charge is 0.354 e. The van der Waals surface area contributed by atoms with Crippen LogP contribution in [-0.4, -0.2) is 35.8 Å². The molecule has 5 nitrogen and oxygen atoms in total. The number of halogens is 3. The monoisotopic (exact) mass is 433 g/mol. The minimum atomic E-state index is -1.21. The van der Waals surface area contributed by atoms with Crippen molar-refractivity contribution in [3.05, 3.63) is 63.4 Å². The molecule has 2 N–H and O–H groups in total. The lowest BCUT2D eigenvalue weighted by atomic mass is 9.71. The topological polar surface area (TPSA) is 61.4 Å². The van der Waals surface area contributed by atoms with Gasteiger partial charge >= 0.3 is 0 Å². The van der Waals surface area contributed by atoms with E-state index in [2.05, 4.69) is 10.6 Å². The molecule has 29 heavy (non-hydrogen) atoms. The minimum absolute atomic E-state index is 0.0303. The number of amides is 2. The van der Waals surface area contributed by atoms with E-state index < -0.39 is 23.2 Å². The Balaban J connectivity index is 1.84. The number of rotatable bonds is 2. The summed E-state index contributed by atoms with van der Waals surface area (Å²) in [6.45, 7) is 2.87. The number of carbonyl (C=O) groups excluding carboxylic acids is 2. The maximum atomic E-state index is 15.2. The Morgan fingerprint density at radius 3 is 2.79 bits per heavy atom. The maximum Gasteiger partial charge on any atom is 0.250 e. The molecular formula is C21H18Cl2FN3O2. The van der Waals surface area contributed by atoms with Crippen LogP contribution in [0.3, 0.4) is 0 Å². The Bertz CT molecular complexity index is 1060. The summed E-state index contributed by atoms with van der Waals surface area (Å²) in [5.41, 5.74) is 0.361. The molecule has 2 saturated heterocycles. The molecule has 0 saturated carbocycles. The Morgan fingerprint density at radius 1 is 1.24 bits per heavy atom. The van der Waals surface area contributed by atoms with Crippen LogP contribution in [0.4, 0.5) is 10.1 Å². The van der Waals surface area contributed by atoms with Gasteiger partial charge in [-0.15, -0.1) is 0 Å². The molecule has 0 aromatic heterocycles. The zero-order valence-corrected chi connectivity index (χ0v) is 17.0. The Morgan fingerprint density at radius 2 is 2.03 bits per heavy atom. The summed E-state index contributed by atoms with van der Waals surface area (Å²) < 4.78 is 15.2. The van der Waals surface area contributed by atoms with Gasteiger partial charge in [-0.3, -0.25) is 14.5 Å². The van der Waals surface area contributed by atoms with Crippen LogP contribution in [0.25, 0.3) is 0 Å². The van der Waals surface area contributed by atoms with Crippen molar-refractivity contribution in [3.8, 4) is 0 Å². The summed E-state index contributed by atoms with van der Waals surface area (Å²) in [6.07, 6.45) is 0. The van der Waals surface area contributed by atoms with E-state index in [1.165, 1.54) is 6.07 Å². The maximum absolute atomic E-state index is 15.2. The van der Waals surface area contributed by atoms with Gasteiger partial charge in [0.25, 0.3) is 0 Å². The standard InChI is InChI=1S/C21H18Cl2FN3O2/c1-2-27-15-9-25-19(28)16(15)17(11-4-3-5-13(23)18(11)24)21(27)12-7-6-10(22)8-14(12)26-20(21)29/h3-8,15-17H,2,9H2,1H3,(H,25,28)(H,26,29)/t15-,16+,17-,21+/m0/s1. The van der Waals surface area contributed by atoms with Gasteiger partial charge in [-0.1, -0.05) is 48.3 Å². The molecule has 3 heterocycles. The van der Waals surface area contributed by atoms with Crippen LogP contribution in [0.2, 0.25) is 10.0 Å². The molecule has 2 amide bonds. The number of anilines is 1. The summed E-state index contributed by atoms with van der Waals surface area (Å²) in [5.74, 6) is -2.34. The number of fused-ring (bicyclic) bond motifs is 3. The minimum Gasteiger partial charge on any atom is -0.354 e. The third-order valence-electron chi connectivity index (χ3n) is 6.51. The van der Waals surface area contributed by atoms with Crippen LogP contribution in [0.1, 0.15) is 24.0 Å². The van der Waals surface area contributed by atoms with E-state index in [4.69, 9.17) is 23.2 Å². The lowest BCUT2D eigenvalue weighted by Gasteiger charge is -2.39. The van der Waals surface area contributed by atoms with Crippen molar-refractivity contribution >= 4 is 40.7 Å². The van der Waals surface area contributed by atoms with Gasteiger partial charge in [0.05, 0.1) is 10.9 Å². The summed E-state index contributed by atoms with van der Waals surface area (Å²) in [4.78, 5) is 28.5. The van der Waals surface area contributed by atoms with Crippen LogP contribution < -0.4 is 10.6 Å². The molecule has 2 fully saturated rings. The van der Waals surface area contributed by atoms with Crippen molar-refractivity contribution in [2.45, 2.75) is 24.4 Å². The molecule has 0 bridgehead atoms. The summed E-state index contributed by atoms with van der Waals surface area (Å²) in [5, 5.41) is 6.27. The zero-order valence-electron chi connectivity index (χ0n) is 15.5. The van der Waals surface area contributed by atoms with Crippen molar-refractivity contribution in [2.75, 3.05) is 18.4 Å². The molecule has 2 aromatic rings. The van der Waals surface area contributed by atoms with Crippen molar-refractivity contribution in [3.63, 3.8) is 0 Å². The van der Waals surface area contributed by atoms with Crippen LogP contribution in [0, 0.1) is 11.7 Å². The highest BCUT2D eigenvalue weighted by Gasteiger charge is 2.69. The number of hydrogen-bond donors (Lipinski definition) is 2. The number of hydrogen-bond acceptors (Lipinski definition) is 3. The lowest BCUT2D eigenvalue weighted by Crippen LogP contribution is -2.53. The third-order valence-corrected chi connectivity index (χ3v) is 7.04. The van der Waals surface area contributed by atoms with E-state index in [0.29, 0.717) is 29.4 Å². The Kier molecular flexibility index (Phi) is 4.18. The highest BCUT2D eigenvalue weighted by Crippen LogP contribution is 2.60. The molecule has 4 atom stereocenters. The first-order valence-electron chi connectivity index (χ1n) is 9.51. The lowest BCUT2D eigenvalue weighted by molar-refractivity contribution is -0.128. The molecule has 0 radical (unpaired) electrons. The summed E-state index contributed by atoms with van der Waals surface area (Å²) in [7, 11) is 0. The molecule has 1 spiro atoms. The number of likely N-dealkylation sites (tertiary alicyclic amines) is 1. The SMILES string of the molecule is CCN1[C@H]2CNC(=O)[C@H]2[C@H](c2cccc(Cl)c2F)[C@]12C(=O)Nc1cc(Cl)ccc12. The fourth-order valence-corrected chi connectivity index (χ4v) is 5.91. The Hall–Kier alpha value is -2.15. The molecule has 0 unspecified atom stereocenters. The highest BCUT2D eigenvalue weighted by molar-refractivity contribution is 6.31. The van der Waals surface area contributed by atoms with E-state index in [-0.39, 0.29) is 28.4 Å². The normalized spacial score (nSPS) is 30.4. The van der Waals surface area contributed by atoms with Crippen molar-refractivity contribution in [1.29, 1.82) is 0 Å². The first-order valence-corrected chi connectivity index (χ1v) is 10.3. The van der Waals surface area contributed by atoms with E-state index in [1.807, 2.05) is 11.8 Å². The molecule has 150 valence electrons. The second kappa shape index (κ2) is 6.42. The average molecular weight is 434 g/mol. The van der Waals surface area contributed by atoms with Crippen molar-refractivity contribution in [1.82, 2.24) is 10.2 Å². The number of nitrogens with one attached hydrogen (secondary N) is 2. The van der Waals surface area contributed by atoms with Gasteiger partial charge in [0.15, 0.2) is 0 Å². The van der Waals surface area contributed by atoms with Crippen molar-refractivity contribution < 1.29 is 14.0 Å². The number of carbonyl (C=O) groups is 2. The van der Waals surface area contributed by atoms with Gasteiger partial charge in [0, 0.05) is 34.8 Å². The van der Waals surface area contributed by atoms with Crippen LogP contribution in [0.5, 0.6) is 0 Å². The van der Waals surface area contributed by atoms with Gasteiger partial charge in [0.2, 0.25) is 11.8 Å². The van der Waals surface area contributed by atoms with Crippen LogP contribution in [-0.2, 0) is 15.1 Å². The van der Waals surface area contributed by atoms with Gasteiger partial charge in [-0.05, 0) is 30.3 Å². The molecule has 3 aliphatic rings. The zero-order chi connectivity index (χ0) is 20.5. The first-order chi connectivity index (χ1) is 13.9. The van der Waals surface area contributed by atoms with E-state index in [1.54, 1.807) is 30.3 Å². The van der Waals surface area contributed by atoms with E-state index in [9.17, 15) is 9.59 Å². The Labute approximate surface area is 177 Å².